The maximum absolute atomic E-state index is 12.3. The Hall–Kier alpha value is -2.66. The van der Waals surface area contributed by atoms with Crippen LogP contribution in [0.2, 0.25) is 0 Å². The first-order valence-corrected chi connectivity index (χ1v) is 13.9. The second-order valence-electron chi connectivity index (χ2n) is 8.57. The topological polar surface area (TPSA) is 83.2 Å². The molecule has 1 aliphatic carbocycles. The van der Waals surface area contributed by atoms with Crippen molar-refractivity contribution in [1.29, 1.82) is 5.26 Å². The van der Waals surface area contributed by atoms with E-state index in [-0.39, 0.29) is 5.25 Å². The number of aliphatic hydroxyl groups is 1. The Kier molecular flexibility index (Phi) is 7.72. The summed E-state index contributed by atoms with van der Waals surface area (Å²) < 4.78 is 17.6. The lowest BCUT2D eigenvalue weighted by atomic mass is 9.86. The third-order valence-electron chi connectivity index (χ3n) is 6.35. The number of rotatable bonds is 7. The summed E-state index contributed by atoms with van der Waals surface area (Å²) >= 11 is 1.38. The quantitative estimate of drug-likeness (QED) is 0.442. The van der Waals surface area contributed by atoms with Gasteiger partial charge in [-0.2, -0.15) is 5.26 Å². The summed E-state index contributed by atoms with van der Waals surface area (Å²) in [5.41, 5.74) is 2.84. The van der Waals surface area contributed by atoms with Crippen LogP contribution in [0.4, 0.5) is 0 Å². The van der Waals surface area contributed by atoms with Crippen molar-refractivity contribution in [3.8, 4) is 34.2 Å². The first kappa shape index (κ1) is 24.5. The van der Waals surface area contributed by atoms with Crippen molar-refractivity contribution in [2.45, 2.75) is 41.6 Å². The molecule has 1 saturated carbocycles. The summed E-state index contributed by atoms with van der Waals surface area (Å²) in [6.07, 6.45) is 4.91. The van der Waals surface area contributed by atoms with Crippen LogP contribution in [0.1, 0.15) is 31.2 Å². The minimum Gasteiger partial charge on any atom is -0.497 e. The van der Waals surface area contributed by atoms with Gasteiger partial charge in [0.1, 0.15) is 16.8 Å². The zero-order valence-corrected chi connectivity index (χ0v) is 21.0. The molecule has 0 radical (unpaired) electrons. The zero-order chi connectivity index (χ0) is 24.1. The molecule has 3 aromatic rings. The molecular formula is C27H28N2O3S2. The van der Waals surface area contributed by atoms with E-state index < -0.39 is 16.4 Å². The van der Waals surface area contributed by atoms with Gasteiger partial charge in [0.05, 0.1) is 29.2 Å². The van der Waals surface area contributed by atoms with Crippen LogP contribution in [0.3, 0.4) is 0 Å². The van der Waals surface area contributed by atoms with Gasteiger partial charge in [0.2, 0.25) is 0 Å². The van der Waals surface area contributed by atoms with Crippen molar-refractivity contribution >= 4 is 22.6 Å². The van der Waals surface area contributed by atoms with Crippen molar-refractivity contribution in [3.63, 3.8) is 0 Å². The SMILES string of the molecule is COc1ccc(-c2cc(-c3ccccc3)c(C#N)c(SC[C@]3(O)CCCC[C@@H]3[S@@](C)=O)n2)cc1. The fraction of sp³-hybridized carbons (Fsp3) is 0.333. The van der Waals surface area contributed by atoms with Gasteiger partial charge in [-0.1, -0.05) is 43.2 Å². The standard InChI is InChI=1S/C27H28N2O3S2/c1-32-21-13-11-20(12-14-21)24-16-22(19-8-4-3-5-9-19)23(17-28)26(29-24)33-18-27(30)15-7-6-10-25(27)34(2)31/h3-5,8-9,11-14,16,25,30H,6-7,10,15,18H2,1-2H3/t25-,27+,34+/m0/s1. The molecule has 34 heavy (non-hydrogen) atoms. The molecule has 1 N–H and O–H groups in total. The van der Waals surface area contributed by atoms with Gasteiger partial charge in [0.15, 0.2) is 0 Å². The van der Waals surface area contributed by atoms with Crippen molar-refractivity contribution in [1.82, 2.24) is 4.98 Å². The predicted octanol–water partition coefficient (Wildman–Crippen LogP) is 5.44. The molecule has 0 aliphatic heterocycles. The van der Waals surface area contributed by atoms with E-state index in [0.29, 0.717) is 22.8 Å². The average Bonchev–Trinajstić information content (AvgIpc) is 2.87. The Labute approximate surface area is 207 Å². The maximum Gasteiger partial charge on any atom is 0.118 e. The fourth-order valence-corrected chi connectivity index (χ4v) is 7.13. The predicted molar refractivity (Wildman–Crippen MR) is 138 cm³/mol. The molecule has 1 heterocycles. The van der Waals surface area contributed by atoms with Crippen LogP contribution in [0, 0.1) is 11.3 Å². The minimum absolute atomic E-state index is 0.266. The Balaban J connectivity index is 1.77. The number of methoxy groups -OCH3 is 1. The minimum atomic E-state index is -1.12. The van der Waals surface area contributed by atoms with Gasteiger partial charge in [-0.25, -0.2) is 4.98 Å². The molecule has 1 aromatic heterocycles. The van der Waals surface area contributed by atoms with E-state index in [1.54, 1.807) is 13.4 Å². The number of aromatic nitrogens is 1. The van der Waals surface area contributed by atoms with Gasteiger partial charge in [-0.15, -0.1) is 11.8 Å². The van der Waals surface area contributed by atoms with Crippen LogP contribution in [0.5, 0.6) is 5.75 Å². The number of pyridine rings is 1. The zero-order valence-electron chi connectivity index (χ0n) is 19.4. The highest BCUT2D eigenvalue weighted by atomic mass is 32.2. The Morgan fingerprint density at radius 2 is 1.91 bits per heavy atom. The van der Waals surface area contributed by atoms with Gasteiger partial charge in [0, 0.05) is 33.9 Å². The molecular weight excluding hydrogens is 464 g/mol. The second-order valence-corrected chi connectivity index (χ2v) is 11.1. The van der Waals surface area contributed by atoms with Crippen molar-refractivity contribution in [2.24, 2.45) is 0 Å². The molecule has 2 aromatic carbocycles. The molecule has 176 valence electrons. The van der Waals surface area contributed by atoms with E-state index in [1.165, 1.54) is 11.8 Å². The second kappa shape index (κ2) is 10.7. The monoisotopic (exact) mass is 492 g/mol. The van der Waals surface area contributed by atoms with Crippen LogP contribution in [-0.4, -0.2) is 44.3 Å². The maximum atomic E-state index is 12.3. The van der Waals surface area contributed by atoms with Crippen molar-refractivity contribution < 1.29 is 14.1 Å². The molecule has 1 aliphatic rings. The lowest BCUT2D eigenvalue weighted by Gasteiger charge is -2.38. The number of thioether (sulfide) groups is 1. The Morgan fingerprint density at radius 1 is 1.18 bits per heavy atom. The van der Waals surface area contributed by atoms with E-state index >= 15 is 0 Å². The highest BCUT2D eigenvalue weighted by Crippen LogP contribution is 2.39. The smallest absolute Gasteiger partial charge is 0.118 e. The summed E-state index contributed by atoms with van der Waals surface area (Å²) in [5.74, 6) is 1.10. The highest BCUT2D eigenvalue weighted by molar-refractivity contribution is 7.99. The molecule has 3 atom stereocenters. The highest BCUT2D eigenvalue weighted by Gasteiger charge is 2.41. The largest absolute Gasteiger partial charge is 0.497 e. The first-order valence-electron chi connectivity index (χ1n) is 11.3. The van der Waals surface area contributed by atoms with Gasteiger partial charge in [-0.05, 0) is 48.7 Å². The molecule has 7 heteroatoms. The van der Waals surface area contributed by atoms with E-state index in [1.807, 2.05) is 60.7 Å². The number of benzene rings is 2. The number of ether oxygens (including phenoxy) is 1. The lowest BCUT2D eigenvalue weighted by Crippen LogP contribution is -2.49. The van der Waals surface area contributed by atoms with Crippen LogP contribution < -0.4 is 4.74 Å². The molecule has 5 nitrogen and oxygen atoms in total. The summed E-state index contributed by atoms with van der Waals surface area (Å²) in [5, 5.41) is 21.8. The fourth-order valence-electron chi connectivity index (χ4n) is 4.51. The van der Waals surface area contributed by atoms with Crippen LogP contribution in [0.15, 0.2) is 65.7 Å². The van der Waals surface area contributed by atoms with Gasteiger partial charge < -0.3 is 9.84 Å². The van der Waals surface area contributed by atoms with E-state index in [4.69, 9.17) is 9.72 Å². The number of nitriles is 1. The van der Waals surface area contributed by atoms with Crippen molar-refractivity contribution in [2.75, 3.05) is 19.1 Å². The Bertz CT molecular complexity index is 1210. The van der Waals surface area contributed by atoms with Gasteiger partial charge in [0.25, 0.3) is 0 Å². The van der Waals surface area contributed by atoms with Crippen LogP contribution >= 0.6 is 11.8 Å². The summed E-state index contributed by atoms with van der Waals surface area (Å²) in [6, 6.07) is 21.8. The number of hydrogen-bond donors (Lipinski definition) is 1. The molecule has 0 bridgehead atoms. The molecule has 0 unspecified atom stereocenters. The lowest BCUT2D eigenvalue weighted by molar-refractivity contribution is 0.0326. The summed E-state index contributed by atoms with van der Waals surface area (Å²) in [7, 11) is 0.510. The van der Waals surface area contributed by atoms with E-state index in [0.717, 1.165) is 47.4 Å². The molecule has 0 saturated heterocycles. The Morgan fingerprint density at radius 3 is 2.56 bits per heavy atom. The third-order valence-corrected chi connectivity index (χ3v) is 9.04. The van der Waals surface area contributed by atoms with Crippen LogP contribution in [0.25, 0.3) is 22.4 Å². The summed E-state index contributed by atoms with van der Waals surface area (Å²) in [4.78, 5) is 4.85. The summed E-state index contributed by atoms with van der Waals surface area (Å²) in [6.45, 7) is 0. The number of nitrogens with zero attached hydrogens (tertiary/aromatic N) is 2. The van der Waals surface area contributed by atoms with E-state index in [2.05, 4.69) is 6.07 Å². The third kappa shape index (κ3) is 5.20. The molecule has 0 spiro atoms. The normalized spacial score (nSPS) is 20.9. The molecule has 4 rings (SSSR count). The first-order chi connectivity index (χ1) is 16.4. The van der Waals surface area contributed by atoms with Gasteiger partial charge in [-0.3, -0.25) is 4.21 Å². The molecule has 0 amide bonds. The van der Waals surface area contributed by atoms with Crippen LogP contribution in [-0.2, 0) is 10.8 Å². The molecule has 1 fully saturated rings. The number of hydrogen-bond acceptors (Lipinski definition) is 6. The van der Waals surface area contributed by atoms with E-state index in [9.17, 15) is 14.6 Å². The van der Waals surface area contributed by atoms with Crippen molar-refractivity contribution in [3.05, 3.63) is 66.2 Å². The van der Waals surface area contributed by atoms with Gasteiger partial charge >= 0.3 is 0 Å². The average molecular weight is 493 g/mol.